The lowest BCUT2D eigenvalue weighted by atomic mass is 9.93. The molecule has 2 heteroatoms. The number of allylic oxidation sites excluding steroid dienone is 4. The first kappa shape index (κ1) is 12.7. The van der Waals surface area contributed by atoms with Crippen molar-refractivity contribution in [3.05, 3.63) is 46.6 Å². The Kier molecular flexibility index (Phi) is 3.75. The monoisotopic (exact) mass is 244 g/mol. The molecule has 0 bridgehead atoms. The lowest BCUT2D eigenvalue weighted by molar-refractivity contribution is 0.450. The van der Waals surface area contributed by atoms with Crippen LogP contribution in [0.5, 0.6) is 11.5 Å². The lowest BCUT2D eigenvalue weighted by Gasteiger charge is -2.14. The summed E-state index contributed by atoms with van der Waals surface area (Å²) in [5.74, 6) is 0.558. The number of phenols is 2. The smallest absolute Gasteiger partial charge is 0.119 e. The molecule has 18 heavy (non-hydrogen) atoms. The van der Waals surface area contributed by atoms with E-state index in [1.54, 1.807) is 12.1 Å². The first-order valence-corrected chi connectivity index (χ1v) is 6.42. The first-order chi connectivity index (χ1) is 8.58. The fraction of sp³-hybridized carbons (Fsp3) is 0.375. The van der Waals surface area contributed by atoms with Crippen molar-refractivity contribution in [1.29, 1.82) is 0 Å². The minimum atomic E-state index is 0.278. The largest absolute Gasteiger partial charge is 0.508 e. The molecule has 0 spiro atoms. The van der Waals surface area contributed by atoms with E-state index in [2.05, 4.69) is 26.0 Å². The third-order valence-corrected chi connectivity index (χ3v) is 3.52. The molecule has 1 aliphatic carbocycles. The van der Waals surface area contributed by atoms with Gasteiger partial charge in [0, 0.05) is 11.1 Å². The Labute approximate surface area is 108 Å². The predicted octanol–water partition coefficient (Wildman–Crippen LogP) is 3.87. The molecule has 2 N–H and O–H groups in total. The average Bonchev–Trinajstić information content (AvgIpc) is 2.33. The Bertz CT molecular complexity index is 510. The molecule has 0 saturated carbocycles. The van der Waals surface area contributed by atoms with Crippen LogP contribution in [0.4, 0.5) is 0 Å². The topological polar surface area (TPSA) is 40.5 Å². The van der Waals surface area contributed by atoms with E-state index in [1.807, 2.05) is 0 Å². The van der Waals surface area contributed by atoms with Crippen LogP contribution in [0.1, 0.15) is 37.8 Å². The Morgan fingerprint density at radius 1 is 0.889 bits per heavy atom. The summed E-state index contributed by atoms with van der Waals surface area (Å²) in [6, 6.07) is 3.14. The maximum Gasteiger partial charge on any atom is 0.119 e. The SMILES string of the molecule is C/C1=C\Cc2c(O)ccc(O)c2C/C(C)=C/CC1. The maximum absolute atomic E-state index is 9.98. The van der Waals surface area contributed by atoms with Gasteiger partial charge < -0.3 is 10.2 Å². The Hall–Kier alpha value is -1.70. The highest BCUT2D eigenvalue weighted by Gasteiger charge is 2.13. The van der Waals surface area contributed by atoms with E-state index in [4.69, 9.17) is 0 Å². The normalized spacial score (nSPS) is 22.3. The molecule has 96 valence electrons. The number of fused-ring (bicyclic) bond motifs is 1. The van der Waals surface area contributed by atoms with Crippen molar-refractivity contribution in [3.63, 3.8) is 0 Å². The molecule has 0 fully saturated rings. The van der Waals surface area contributed by atoms with E-state index < -0.39 is 0 Å². The number of hydrogen-bond donors (Lipinski definition) is 2. The van der Waals surface area contributed by atoms with Gasteiger partial charge in [-0.15, -0.1) is 0 Å². The summed E-state index contributed by atoms with van der Waals surface area (Å²) >= 11 is 0. The number of rotatable bonds is 0. The molecule has 2 rings (SSSR count). The summed E-state index contributed by atoms with van der Waals surface area (Å²) in [5, 5.41) is 20.0. The number of phenolic OH excluding ortho intramolecular Hbond substituents is 2. The molecular weight excluding hydrogens is 224 g/mol. The molecule has 1 aromatic carbocycles. The molecule has 1 aliphatic rings. The summed E-state index contributed by atoms with van der Waals surface area (Å²) in [6.07, 6.45) is 7.87. The van der Waals surface area contributed by atoms with Gasteiger partial charge in [-0.05, 0) is 51.7 Å². The Morgan fingerprint density at radius 3 is 2.28 bits per heavy atom. The minimum Gasteiger partial charge on any atom is -0.508 e. The summed E-state index contributed by atoms with van der Waals surface area (Å²) < 4.78 is 0. The molecule has 0 amide bonds. The quantitative estimate of drug-likeness (QED) is 0.537. The summed E-state index contributed by atoms with van der Waals surface area (Å²) in [7, 11) is 0. The highest BCUT2D eigenvalue weighted by molar-refractivity contribution is 5.50. The molecule has 0 unspecified atom stereocenters. The van der Waals surface area contributed by atoms with Crippen molar-refractivity contribution in [2.24, 2.45) is 0 Å². The van der Waals surface area contributed by atoms with Gasteiger partial charge in [-0.25, -0.2) is 0 Å². The van der Waals surface area contributed by atoms with Gasteiger partial charge in [0.25, 0.3) is 0 Å². The first-order valence-electron chi connectivity index (χ1n) is 6.42. The number of benzene rings is 1. The van der Waals surface area contributed by atoms with Crippen molar-refractivity contribution >= 4 is 0 Å². The van der Waals surface area contributed by atoms with Gasteiger partial charge in [-0.1, -0.05) is 23.3 Å². The van der Waals surface area contributed by atoms with E-state index in [1.165, 1.54) is 11.1 Å². The van der Waals surface area contributed by atoms with Crippen molar-refractivity contribution < 1.29 is 10.2 Å². The number of hydrogen-bond acceptors (Lipinski definition) is 2. The molecule has 0 aliphatic heterocycles. The minimum absolute atomic E-state index is 0.278. The zero-order valence-corrected chi connectivity index (χ0v) is 11.0. The molecule has 2 nitrogen and oxygen atoms in total. The van der Waals surface area contributed by atoms with Crippen LogP contribution in [0, 0.1) is 0 Å². The third-order valence-electron chi connectivity index (χ3n) is 3.52. The van der Waals surface area contributed by atoms with Crippen molar-refractivity contribution in [1.82, 2.24) is 0 Å². The maximum atomic E-state index is 9.98. The van der Waals surface area contributed by atoms with Crippen LogP contribution in [0.2, 0.25) is 0 Å². The van der Waals surface area contributed by atoms with Crippen molar-refractivity contribution in [3.8, 4) is 11.5 Å². The average molecular weight is 244 g/mol. The van der Waals surface area contributed by atoms with Crippen LogP contribution in [0.3, 0.4) is 0 Å². The van der Waals surface area contributed by atoms with Gasteiger partial charge in [0.2, 0.25) is 0 Å². The lowest BCUT2D eigenvalue weighted by Crippen LogP contribution is -1.98. The Balaban J connectivity index is 2.51. The van der Waals surface area contributed by atoms with E-state index in [0.717, 1.165) is 24.0 Å². The zero-order chi connectivity index (χ0) is 13.1. The molecule has 0 radical (unpaired) electrons. The van der Waals surface area contributed by atoms with Crippen LogP contribution >= 0.6 is 0 Å². The van der Waals surface area contributed by atoms with Crippen LogP contribution < -0.4 is 0 Å². The summed E-state index contributed by atoms with van der Waals surface area (Å²) in [4.78, 5) is 0. The molecule has 1 aromatic rings. The van der Waals surface area contributed by atoms with E-state index >= 15 is 0 Å². The standard InChI is InChI=1S/C16H20O2/c1-11-4-3-5-12(2)10-14-13(7-6-11)15(17)8-9-16(14)18/h5-6,8-9,17-18H,3-4,7,10H2,1-2H3/b11-6+,12-5+. The molecular formula is C16H20O2. The van der Waals surface area contributed by atoms with E-state index in [9.17, 15) is 10.2 Å². The highest BCUT2D eigenvalue weighted by atomic mass is 16.3. The van der Waals surface area contributed by atoms with Gasteiger partial charge in [0.1, 0.15) is 11.5 Å². The van der Waals surface area contributed by atoms with Crippen LogP contribution in [-0.4, -0.2) is 10.2 Å². The van der Waals surface area contributed by atoms with Crippen LogP contribution in [-0.2, 0) is 12.8 Å². The fourth-order valence-corrected chi connectivity index (χ4v) is 2.37. The van der Waals surface area contributed by atoms with Gasteiger partial charge >= 0.3 is 0 Å². The second kappa shape index (κ2) is 5.30. The second-order valence-corrected chi connectivity index (χ2v) is 5.08. The van der Waals surface area contributed by atoms with Gasteiger partial charge in [-0.2, -0.15) is 0 Å². The predicted molar refractivity (Wildman–Crippen MR) is 73.9 cm³/mol. The van der Waals surface area contributed by atoms with Gasteiger partial charge in [0.05, 0.1) is 0 Å². The third kappa shape index (κ3) is 2.76. The zero-order valence-electron chi connectivity index (χ0n) is 11.0. The molecule has 0 saturated heterocycles. The van der Waals surface area contributed by atoms with E-state index in [0.29, 0.717) is 12.8 Å². The van der Waals surface area contributed by atoms with Gasteiger partial charge in [-0.3, -0.25) is 0 Å². The fourth-order valence-electron chi connectivity index (χ4n) is 2.37. The summed E-state index contributed by atoms with van der Waals surface area (Å²) in [6.45, 7) is 4.19. The molecule has 0 heterocycles. The van der Waals surface area contributed by atoms with Crippen LogP contribution in [0.25, 0.3) is 0 Å². The van der Waals surface area contributed by atoms with Crippen molar-refractivity contribution in [2.75, 3.05) is 0 Å². The molecule has 0 atom stereocenters. The van der Waals surface area contributed by atoms with Gasteiger partial charge in [0.15, 0.2) is 0 Å². The highest BCUT2D eigenvalue weighted by Crippen LogP contribution is 2.32. The summed E-state index contributed by atoms with van der Waals surface area (Å²) in [5.41, 5.74) is 4.28. The number of aromatic hydroxyl groups is 2. The van der Waals surface area contributed by atoms with E-state index in [-0.39, 0.29) is 11.5 Å². The Morgan fingerprint density at radius 2 is 1.56 bits per heavy atom. The van der Waals surface area contributed by atoms with Crippen molar-refractivity contribution in [2.45, 2.75) is 39.5 Å². The van der Waals surface area contributed by atoms with Crippen LogP contribution in [0.15, 0.2) is 35.4 Å². The molecule has 0 aromatic heterocycles. The second-order valence-electron chi connectivity index (χ2n) is 5.08.